The van der Waals surface area contributed by atoms with Gasteiger partial charge in [0.25, 0.3) is 0 Å². The Hall–Kier alpha value is -2.05. The Morgan fingerprint density at radius 3 is 2.47 bits per heavy atom. The van der Waals surface area contributed by atoms with E-state index in [1.807, 2.05) is 0 Å². The van der Waals surface area contributed by atoms with E-state index in [0.717, 1.165) is 35.3 Å². The fourth-order valence-corrected chi connectivity index (χ4v) is 1.44. The quantitative estimate of drug-likeness (QED) is 0.785. The van der Waals surface area contributed by atoms with Gasteiger partial charge in [0.05, 0.1) is 23.6 Å². The summed E-state index contributed by atoms with van der Waals surface area (Å²) in [5.74, 6) is -1.01. The van der Waals surface area contributed by atoms with Gasteiger partial charge < -0.3 is 5.73 Å². The van der Waals surface area contributed by atoms with E-state index < -0.39 is 23.2 Å². The average molecular weight is 245 g/mol. The predicted molar refractivity (Wildman–Crippen MR) is 52.9 cm³/mol. The van der Waals surface area contributed by atoms with Crippen molar-refractivity contribution in [2.75, 3.05) is 5.73 Å². The number of benzene rings is 1. The molecule has 0 atom stereocenters. The first-order valence-electron chi connectivity index (χ1n) is 4.56. The van der Waals surface area contributed by atoms with Crippen molar-refractivity contribution in [3.63, 3.8) is 0 Å². The Morgan fingerprint density at radius 2 is 1.94 bits per heavy atom. The molecule has 0 radical (unpaired) electrons. The van der Waals surface area contributed by atoms with Crippen molar-refractivity contribution in [2.45, 2.75) is 6.18 Å². The van der Waals surface area contributed by atoms with E-state index in [4.69, 9.17) is 5.73 Å². The second-order valence-corrected chi connectivity index (χ2v) is 3.35. The van der Waals surface area contributed by atoms with E-state index >= 15 is 0 Å². The molecule has 0 aliphatic heterocycles. The molecule has 17 heavy (non-hydrogen) atoms. The van der Waals surface area contributed by atoms with Crippen molar-refractivity contribution in [3.05, 3.63) is 42.0 Å². The molecule has 2 aromatic rings. The zero-order valence-electron chi connectivity index (χ0n) is 8.37. The van der Waals surface area contributed by atoms with Gasteiger partial charge in [0.2, 0.25) is 0 Å². The molecule has 1 aromatic carbocycles. The average Bonchev–Trinajstić information content (AvgIpc) is 2.63. The zero-order chi connectivity index (χ0) is 12.6. The number of aromatic nitrogens is 2. The number of nitrogens with zero attached hydrogens (tertiary/aromatic N) is 2. The van der Waals surface area contributed by atoms with Crippen LogP contribution in [-0.4, -0.2) is 9.78 Å². The van der Waals surface area contributed by atoms with Crippen LogP contribution in [0.5, 0.6) is 0 Å². The van der Waals surface area contributed by atoms with Crippen LogP contribution in [0.4, 0.5) is 23.2 Å². The summed E-state index contributed by atoms with van der Waals surface area (Å²) < 4.78 is 52.3. The number of nitrogen functional groups attached to an aromatic ring is 1. The summed E-state index contributed by atoms with van der Waals surface area (Å²) in [5, 5.41) is 3.57. The van der Waals surface area contributed by atoms with Gasteiger partial charge in [-0.3, -0.25) is 0 Å². The first-order chi connectivity index (χ1) is 7.89. The molecule has 0 unspecified atom stereocenters. The van der Waals surface area contributed by atoms with Crippen molar-refractivity contribution in [2.24, 2.45) is 0 Å². The Bertz CT molecular complexity index is 545. The maximum Gasteiger partial charge on any atom is 0.418 e. The molecule has 0 bridgehead atoms. The molecular weight excluding hydrogens is 238 g/mol. The number of hydrogen-bond donors (Lipinski definition) is 1. The Morgan fingerprint density at radius 1 is 1.24 bits per heavy atom. The third kappa shape index (κ3) is 2.08. The smallest absolute Gasteiger partial charge is 0.396 e. The number of anilines is 1. The second kappa shape index (κ2) is 3.76. The molecule has 0 saturated carbocycles. The number of para-hydroxylation sites is 1. The van der Waals surface area contributed by atoms with Crippen LogP contribution in [0.2, 0.25) is 0 Å². The predicted octanol–water partition coefficient (Wildman–Crippen LogP) is 2.61. The zero-order valence-corrected chi connectivity index (χ0v) is 8.37. The molecule has 1 heterocycles. The van der Waals surface area contributed by atoms with Crippen LogP contribution >= 0.6 is 0 Å². The molecule has 0 saturated heterocycles. The van der Waals surface area contributed by atoms with E-state index in [2.05, 4.69) is 5.10 Å². The maximum absolute atomic E-state index is 13.5. The standard InChI is InChI=1S/C10H7F4N3/c11-8-3-1-2-7(10(12,13)14)9(8)17-5-6(15)4-16-17/h1-5H,15H2. The fraction of sp³-hybridized carbons (Fsp3) is 0.100. The van der Waals surface area contributed by atoms with Gasteiger partial charge in [-0.05, 0) is 12.1 Å². The highest BCUT2D eigenvalue weighted by molar-refractivity contribution is 5.46. The summed E-state index contributed by atoms with van der Waals surface area (Å²) in [4.78, 5) is 0. The molecule has 90 valence electrons. The third-order valence-corrected chi connectivity index (χ3v) is 2.12. The second-order valence-electron chi connectivity index (χ2n) is 3.35. The Labute approximate surface area is 93.5 Å². The Balaban J connectivity index is 2.67. The minimum absolute atomic E-state index is 0.154. The summed E-state index contributed by atoms with van der Waals surface area (Å²) in [6.45, 7) is 0. The highest BCUT2D eigenvalue weighted by atomic mass is 19.4. The van der Waals surface area contributed by atoms with Gasteiger partial charge in [-0.2, -0.15) is 18.3 Å². The van der Waals surface area contributed by atoms with Crippen LogP contribution in [0.25, 0.3) is 5.69 Å². The molecule has 3 nitrogen and oxygen atoms in total. The van der Waals surface area contributed by atoms with Crippen LogP contribution in [0.3, 0.4) is 0 Å². The molecule has 0 aliphatic carbocycles. The lowest BCUT2D eigenvalue weighted by molar-refractivity contribution is -0.137. The molecule has 0 aliphatic rings. The summed E-state index contributed by atoms with van der Waals surface area (Å²) in [6, 6.07) is 2.72. The van der Waals surface area contributed by atoms with Gasteiger partial charge >= 0.3 is 6.18 Å². The lowest BCUT2D eigenvalue weighted by Gasteiger charge is -2.13. The Kier molecular flexibility index (Phi) is 2.53. The van der Waals surface area contributed by atoms with Crippen molar-refractivity contribution in [3.8, 4) is 5.69 Å². The van der Waals surface area contributed by atoms with Crippen LogP contribution in [-0.2, 0) is 6.18 Å². The topological polar surface area (TPSA) is 43.8 Å². The SMILES string of the molecule is Nc1cnn(-c2c(F)cccc2C(F)(F)F)c1. The summed E-state index contributed by atoms with van der Waals surface area (Å²) >= 11 is 0. The highest BCUT2D eigenvalue weighted by Gasteiger charge is 2.35. The van der Waals surface area contributed by atoms with Crippen LogP contribution in [0, 0.1) is 5.82 Å². The van der Waals surface area contributed by atoms with Gasteiger partial charge in [0.1, 0.15) is 11.5 Å². The third-order valence-electron chi connectivity index (χ3n) is 2.12. The van der Waals surface area contributed by atoms with E-state index in [-0.39, 0.29) is 5.69 Å². The minimum Gasteiger partial charge on any atom is -0.396 e. The number of alkyl halides is 3. The first kappa shape index (κ1) is 11.4. The van der Waals surface area contributed by atoms with Crippen LogP contribution in [0.1, 0.15) is 5.56 Å². The van der Waals surface area contributed by atoms with Gasteiger partial charge in [-0.15, -0.1) is 0 Å². The number of halogens is 4. The summed E-state index contributed by atoms with van der Waals surface area (Å²) in [6.07, 6.45) is -2.39. The molecule has 7 heteroatoms. The largest absolute Gasteiger partial charge is 0.418 e. The van der Waals surface area contributed by atoms with Crippen molar-refractivity contribution >= 4 is 5.69 Å². The normalized spacial score (nSPS) is 11.8. The van der Waals surface area contributed by atoms with Crippen LogP contribution < -0.4 is 5.73 Å². The van der Waals surface area contributed by atoms with Gasteiger partial charge in [0, 0.05) is 0 Å². The van der Waals surface area contributed by atoms with Gasteiger partial charge in [0.15, 0.2) is 0 Å². The number of hydrogen-bond acceptors (Lipinski definition) is 2. The van der Waals surface area contributed by atoms with E-state index in [9.17, 15) is 17.6 Å². The lowest BCUT2D eigenvalue weighted by atomic mass is 10.1. The van der Waals surface area contributed by atoms with Gasteiger partial charge in [-0.25, -0.2) is 9.07 Å². The number of rotatable bonds is 1. The number of nitrogens with two attached hydrogens (primary N) is 1. The van der Waals surface area contributed by atoms with Crippen LogP contribution in [0.15, 0.2) is 30.6 Å². The van der Waals surface area contributed by atoms with Gasteiger partial charge in [-0.1, -0.05) is 6.07 Å². The highest BCUT2D eigenvalue weighted by Crippen LogP contribution is 2.34. The molecule has 0 amide bonds. The van der Waals surface area contributed by atoms with E-state index in [1.165, 1.54) is 0 Å². The molecule has 1 aromatic heterocycles. The van der Waals surface area contributed by atoms with E-state index in [0.29, 0.717) is 0 Å². The molecule has 2 N–H and O–H groups in total. The summed E-state index contributed by atoms with van der Waals surface area (Å²) in [5.41, 5.74) is 3.74. The fourth-order valence-electron chi connectivity index (χ4n) is 1.44. The molecular formula is C10H7F4N3. The maximum atomic E-state index is 13.5. The molecule has 2 rings (SSSR count). The molecule has 0 spiro atoms. The summed E-state index contributed by atoms with van der Waals surface area (Å²) in [7, 11) is 0. The minimum atomic E-state index is -4.65. The van der Waals surface area contributed by atoms with E-state index in [1.54, 1.807) is 0 Å². The lowest BCUT2D eigenvalue weighted by Crippen LogP contribution is -2.12. The van der Waals surface area contributed by atoms with Crippen molar-refractivity contribution in [1.29, 1.82) is 0 Å². The molecule has 0 fully saturated rings. The monoisotopic (exact) mass is 245 g/mol. The first-order valence-corrected chi connectivity index (χ1v) is 4.56. The van der Waals surface area contributed by atoms with Crippen molar-refractivity contribution in [1.82, 2.24) is 9.78 Å². The van der Waals surface area contributed by atoms with Crippen molar-refractivity contribution < 1.29 is 17.6 Å².